The van der Waals surface area contributed by atoms with E-state index in [1.165, 1.54) is 0 Å². The maximum Gasteiger partial charge on any atom is 0.169 e. The first-order valence-corrected chi connectivity index (χ1v) is 5.41. The van der Waals surface area contributed by atoms with E-state index in [-0.39, 0.29) is 23.6 Å². The van der Waals surface area contributed by atoms with Gasteiger partial charge in [0, 0.05) is 36.9 Å². The summed E-state index contributed by atoms with van der Waals surface area (Å²) in [5.41, 5.74) is 2.10. The Labute approximate surface area is 112 Å². The van der Waals surface area contributed by atoms with Crippen LogP contribution in [0.4, 0.5) is 0 Å². The maximum absolute atomic E-state index is 8.74. The lowest BCUT2D eigenvalue weighted by Gasteiger charge is -1.99. The fraction of sp³-hybridized carbons (Fsp3) is 0.231. The van der Waals surface area contributed by atoms with Crippen LogP contribution in [0.15, 0.2) is 48.9 Å². The summed E-state index contributed by atoms with van der Waals surface area (Å²) in [4.78, 5) is 4.29. The van der Waals surface area contributed by atoms with Crippen molar-refractivity contribution in [2.75, 3.05) is 6.61 Å². The molecule has 0 radical (unpaired) electrons. The highest BCUT2D eigenvalue weighted by Gasteiger charge is 2.02. The second-order valence-electron chi connectivity index (χ2n) is 3.62. The van der Waals surface area contributed by atoms with E-state index < -0.39 is 0 Å². The third kappa shape index (κ3) is 3.91. The van der Waals surface area contributed by atoms with Gasteiger partial charge in [0.15, 0.2) is 18.9 Å². The molecule has 0 spiro atoms. The molecule has 2 aromatic rings. The molecule has 0 saturated heterocycles. The molecule has 0 saturated carbocycles. The first-order chi connectivity index (χ1) is 7.90. The molecule has 0 fully saturated rings. The van der Waals surface area contributed by atoms with Crippen LogP contribution in [0, 0.1) is 0 Å². The molecule has 2 aromatic heterocycles. The van der Waals surface area contributed by atoms with Crippen LogP contribution in [0.5, 0.6) is 0 Å². The van der Waals surface area contributed by atoms with Crippen LogP contribution in [0.25, 0.3) is 11.3 Å². The highest BCUT2D eigenvalue weighted by atomic mass is 79.9. The molecular formula is C13H15BrN2O. The van der Waals surface area contributed by atoms with Crippen LogP contribution in [-0.4, -0.2) is 16.7 Å². The molecule has 2 heterocycles. The summed E-state index contributed by atoms with van der Waals surface area (Å²) >= 11 is 0. The van der Waals surface area contributed by atoms with Gasteiger partial charge in [0.1, 0.15) is 0 Å². The number of hydrogen-bond acceptors (Lipinski definition) is 2. The van der Waals surface area contributed by atoms with Gasteiger partial charge in [-0.05, 0) is 12.1 Å². The maximum atomic E-state index is 8.74. The fourth-order valence-corrected chi connectivity index (χ4v) is 1.56. The van der Waals surface area contributed by atoms with Crippen molar-refractivity contribution in [1.29, 1.82) is 0 Å². The lowest BCUT2D eigenvalue weighted by atomic mass is 10.2. The van der Waals surface area contributed by atoms with Gasteiger partial charge in [0.25, 0.3) is 0 Å². The van der Waals surface area contributed by atoms with E-state index in [1.54, 1.807) is 6.20 Å². The van der Waals surface area contributed by atoms with Crippen molar-refractivity contribution in [2.45, 2.75) is 13.0 Å². The average molecular weight is 295 g/mol. The number of aliphatic hydroxyl groups excluding tert-OH is 1. The minimum atomic E-state index is 0. The number of aryl methyl sites for hydroxylation is 1. The molecule has 0 aliphatic heterocycles. The van der Waals surface area contributed by atoms with E-state index in [9.17, 15) is 0 Å². The first kappa shape index (κ1) is 13.8. The van der Waals surface area contributed by atoms with Crippen molar-refractivity contribution >= 4 is 0 Å². The van der Waals surface area contributed by atoms with E-state index in [1.807, 2.05) is 42.7 Å². The topological polar surface area (TPSA) is 37.0 Å². The summed E-state index contributed by atoms with van der Waals surface area (Å²) in [6.45, 7) is 1.08. The molecule has 90 valence electrons. The molecule has 0 amide bonds. The Morgan fingerprint density at radius 2 is 1.88 bits per heavy atom. The summed E-state index contributed by atoms with van der Waals surface area (Å²) < 4.78 is 2.06. The van der Waals surface area contributed by atoms with Crippen LogP contribution in [0.2, 0.25) is 0 Å². The van der Waals surface area contributed by atoms with Crippen molar-refractivity contribution in [1.82, 2.24) is 4.98 Å². The highest BCUT2D eigenvalue weighted by Crippen LogP contribution is 2.13. The fourth-order valence-electron chi connectivity index (χ4n) is 1.56. The van der Waals surface area contributed by atoms with E-state index in [0.717, 1.165) is 24.2 Å². The first-order valence-electron chi connectivity index (χ1n) is 5.41. The van der Waals surface area contributed by atoms with Gasteiger partial charge in [0.2, 0.25) is 0 Å². The smallest absolute Gasteiger partial charge is 0.169 e. The Morgan fingerprint density at radius 1 is 1.12 bits per heavy atom. The van der Waals surface area contributed by atoms with Gasteiger partial charge < -0.3 is 22.1 Å². The van der Waals surface area contributed by atoms with Crippen molar-refractivity contribution in [3.63, 3.8) is 0 Å². The molecule has 0 aliphatic carbocycles. The predicted molar refractivity (Wildman–Crippen MR) is 61.6 cm³/mol. The minimum Gasteiger partial charge on any atom is -1.00 e. The Hall–Kier alpha value is -1.26. The van der Waals surface area contributed by atoms with Gasteiger partial charge in [-0.15, -0.1) is 0 Å². The molecule has 0 aromatic carbocycles. The molecule has 0 atom stereocenters. The standard InChI is InChI=1S/C13H15N2O.BrH/c16-11-3-8-15-9-5-12(6-10-15)13-4-1-2-7-14-13;/h1-2,4-7,9-10,16H,3,8,11H2;1H/q+1;/p-1. The van der Waals surface area contributed by atoms with Gasteiger partial charge in [-0.1, -0.05) is 6.07 Å². The van der Waals surface area contributed by atoms with Gasteiger partial charge in [0.05, 0.1) is 5.69 Å². The zero-order valence-electron chi connectivity index (χ0n) is 9.46. The molecule has 0 aliphatic rings. The third-order valence-electron chi connectivity index (χ3n) is 2.43. The number of aliphatic hydroxyl groups is 1. The number of halogens is 1. The molecule has 0 unspecified atom stereocenters. The molecule has 17 heavy (non-hydrogen) atoms. The Morgan fingerprint density at radius 3 is 2.47 bits per heavy atom. The minimum absolute atomic E-state index is 0. The van der Waals surface area contributed by atoms with E-state index in [4.69, 9.17) is 5.11 Å². The van der Waals surface area contributed by atoms with Crippen molar-refractivity contribution in [2.24, 2.45) is 0 Å². The van der Waals surface area contributed by atoms with Gasteiger partial charge >= 0.3 is 0 Å². The largest absolute Gasteiger partial charge is 1.00 e. The number of hydrogen-bond donors (Lipinski definition) is 1. The monoisotopic (exact) mass is 294 g/mol. The van der Waals surface area contributed by atoms with Crippen molar-refractivity contribution < 1.29 is 26.7 Å². The molecule has 4 heteroatoms. The van der Waals surface area contributed by atoms with E-state index in [0.29, 0.717) is 0 Å². The number of pyridine rings is 2. The average Bonchev–Trinajstić information content (AvgIpc) is 2.38. The summed E-state index contributed by atoms with van der Waals surface area (Å²) in [6.07, 6.45) is 6.61. The van der Waals surface area contributed by atoms with Crippen LogP contribution in [-0.2, 0) is 6.54 Å². The summed E-state index contributed by atoms with van der Waals surface area (Å²) in [7, 11) is 0. The SMILES string of the molecule is OCCC[n+]1ccc(-c2ccccn2)cc1.[Br-]. The van der Waals surface area contributed by atoms with Crippen LogP contribution in [0.1, 0.15) is 6.42 Å². The van der Waals surface area contributed by atoms with Crippen molar-refractivity contribution in [3.8, 4) is 11.3 Å². The van der Waals surface area contributed by atoms with E-state index in [2.05, 4.69) is 9.55 Å². The Kier molecular flexibility index (Phi) is 5.80. The van der Waals surface area contributed by atoms with Crippen LogP contribution < -0.4 is 21.5 Å². The van der Waals surface area contributed by atoms with Crippen molar-refractivity contribution in [3.05, 3.63) is 48.9 Å². The summed E-state index contributed by atoms with van der Waals surface area (Å²) in [5.74, 6) is 0. The molecule has 0 bridgehead atoms. The predicted octanol–water partition coefficient (Wildman–Crippen LogP) is -1.58. The van der Waals surface area contributed by atoms with Gasteiger partial charge in [-0.25, -0.2) is 4.57 Å². The zero-order chi connectivity index (χ0) is 11.2. The molecule has 3 nitrogen and oxygen atoms in total. The molecule has 2 rings (SSSR count). The Bertz CT molecular complexity index is 431. The summed E-state index contributed by atoms with van der Waals surface area (Å²) in [6, 6.07) is 9.97. The Balaban J connectivity index is 0.00000144. The summed E-state index contributed by atoms with van der Waals surface area (Å²) in [5, 5.41) is 8.74. The zero-order valence-corrected chi connectivity index (χ0v) is 11.0. The van der Waals surface area contributed by atoms with E-state index >= 15 is 0 Å². The van der Waals surface area contributed by atoms with Gasteiger partial charge in [-0.3, -0.25) is 4.98 Å². The normalized spacial score (nSPS) is 9.71. The molecule has 1 N–H and O–H groups in total. The lowest BCUT2D eigenvalue weighted by Crippen LogP contribution is -3.00. The second-order valence-corrected chi connectivity index (χ2v) is 3.62. The lowest BCUT2D eigenvalue weighted by molar-refractivity contribution is -0.697. The highest BCUT2D eigenvalue weighted by molar-refractivity contribution is 5.56. The third-order valence-corrected chi connectivity index (χ3v) is 2.43. The second kappa shape index (κ2) is 7.14. The van der Waals surface area contributed by atoms with Gasteiger partial charge in [-0.2, -0.15) is 0 Å². The van der Waals surface area contributed by atoms with Crippen LogP contribution in [0.3, 0.4) is 0 Å². The quantitative estimate of drug-likeness (QED) is 0.692. The van der Waals surface area contributed by atoms with Crippen LogP contribution >= 0.6 is 0 Å². The number of nitrogens with zero attached hydrogens (tertiary/aromatic N) is 2. The number of rotatable bonds is 4. The number of aromatic nitrogens is 2. The molecular weight excluding hydrogens is 280 g/mol.